The van der Waals surface area contributed by atoms with Gasteiger partial charge in [0, 0.05) is 6.20 Å². The van der Waals surface area contributed by atoms with E-state index >= 15 is 0 Å². The van der Waals surface area contributed by atoms with Crippen molar-refractivity contribution < 1.29 is 18.0 Å². The van der Waals surface area contributed by atoms with Gasteiger partial charge in [-0.3, -0.25) is 14.9 Å². The average molecular weight is 270 g/mol. The van der Waals surface area contributed by atoms with Gasteiger partial charge in [0.2, 0.25) is 21.8 Å². The predicted molar refractivity (Wildman–Crippen MR) is 60.6 cm³/mol. The zero-order valence-corrected chi connectivity index (χ0v) is 9.98. The predicted octanol–water partition coefficient (Wildman–Crippen LogP) is -1.69. The van der Waals surface area contributed by atoms with E-state index in [2.05, 4.69) is 4.98 Å². The van der Waals surface area contributed by atoms with Gasteiger partial charge >= 0.3 is 0 Å². The molecule has 2 rings (SSSR count). The largest absolute Gasteiger partial charge is 0.384 e. The lowest BCUT2D eigenvalue weighted by Crippen LogP contribution is -2.53. The van der Waals surface area contributed by atoms with Crippen LogP contribution in [0.4, 0.5) is 5.82 Å². The molecule has 9 heteroatoms. The number of carbonyl (C=O) groups excluding carboxylic acids is 2. The Morgan fingerprint density at radius 1 is 1.22 bits per heavy atom. The molecule has 96 valence electrons. The second kappa shape index (κ2) is 4.35. The number of rotatable bonds is 2. The van der Waals surface area contributed by atoms with E-state index < -0.39 is 34.9 Å². The fourth-order valence-corrected chi connectivity index (χ4v) is 2.77. The Labute approximate surface area is 103 Å². The number of nitrogens with two attached hydrogens (primary N) is 1. The van der Waals surface area contributed by atoms with Crippen LogP contribution in [0.3, 0.4) is 0 Å². The molecule has 3 N–H and O–H groups in total. The minimum absolute atomic E-state index is 0.112. The van der Waals surface area contributed by atoms with Gasteiger partial charge in [0.25, 0.3) is 0 Å². The van der Waals surface area contributed by atoms with E-state index in [-0.39, 0.29) is 10.7 Å². The molecule has 2 amide bonds. The molecule has 18 heavy (non-hydrogen) atoms. The van der Waals surface area contributed by atoms with Crippen molar-refractivity contribution in [3.8, 4) is 0 Å². The highest BCUT2D eigenvalue weighted by Crippen LogP contribution is 2.16. The second-order valence-electron chi connectivity index (χ2n) is 3.66. The molecule has 0 unspecified atom stereocenters. The summed E-state index contributed by atoms with van der Waals surface area (Å²) in [6, 6.07) is 2.60. The number of aromatic nitrogens is 1. The summed E-state index contributed by atoms with van der Waals surface area (Å²) in [6.45, 7) is -0.781. The maximum Gasteiger partial charge on any atom is 0.245 e. The molecule has 0 aliphatic carbocycles. The lowest BCUT2D eigenvalue weighted by Gasteiger charge is -2.24. The fourth-order valence-electron chi connectivity index (χ4n) is 1.47. The summed E-state index contributed by atoms with van der Waals surface area (Å²) in [4.78, 5) is 25.8. The van der Waals surface area contributed by atoms with Crippen molar-refractivity contribution in [3.05, 3.63) is 18.3 Å². The van der Waals surface area contributed by atoms with Crippen molar-refractivity contribution in [1.82, 2.24) is 14.6 Å². The first-order valence-electron chi connectivity index (χ1n) is 4.94. The van der Waals surface area contributed by atoms with Crippen molar-refractivity contribution in [3.63, 3.8) is 0 Å². The molecular weight excluding hydrogens is 260 g/mol. The van der Waals surface area contributed by atoms with E-state index in [1.165, 1.54) is 12.1 Å². The van der Waals surface area contributed by atoms with Gasteiger partial charge in [-0.15, -0.1) is 0 Å². The zero-order valence-electron chi connectivity index (χ0n) is 9.16. The van der Waals surface area contributed by atoms with Crippen LogP contribution in [0.1, 0.15) is 0 Å². The van der Waals surface area contributed by atoms with Gasteiger partial charge in [-0.05, 0) is 12.1 Å². The molecule has 1 aromatic rings. The third kappa shape index (κ3) is 2.31. The van der Waals surface area contributed by atoms with Crippen LogP contribution in [0.15, 0.2) is 23.2 Å². The van der Waals surface area contributed by atoms with Crippen LogP contribution in [-0.4, -0.2) is 42.6 Å². The van der Waals surface area contributed by atoms with Crippen molar-refractivity contribution in [2.45, 2.75) is 4.90 Å². The number of anilines is 1. The molecule has 0 saturated carbocycles. The van der Waals surface area contributed by atoms with E-state index in [0.29, 0.717) is 0 Å². The zero-order chi connectivity index (χ0) is 13.3. The third-order valence-corrected chi connectivity index (χ3v) is 4.09. The second-order valence-corrected chi connectivity index (χ2v) is 5.60. The van der Waals surface area contributed by atoms with Gasteiger partial charge in [-0.25, -0.2) is 13.4 Å². The van der Waals surface area contributed by atoms with Crippen LogP contribution < -0.4 is 11.1 Å². The van der Waals surface area contributed by atoms with Crippen LogP contribution in [-0.2, 0) is 19.6 Å². The molecule has 0 radical (unpaired) electrons. The first-order chi connectivity index (χ1) is 8.39. The van der Waals surface area contributed by atoms with Gasteiger partial charge < -0.3 is 5.73 Å². The Balaban J connectivity index is 2.33. The van der Waals surface area contributed by atoms with Gasteiger partial charge in [-0.2, -0.15) is 4.31 Å². The minimum Gasteiger partial charge on any atom is -0.384 e. The van der Waals surface area contributed by atoms with Crippen LogP contribution in [0.25, 0.3) is 0 Å². The van der Waals surface area contributed by atoms with Crippen molar-refractivity contribution in [2.24, 2.45) is 0 Å². The molecule has 0 aromatic carbocycles. The number of nitrogens with one attached hydrogen (secondary N) is 1. The number of amides is 2. The number of piperazine rings is 1. The molecule has 1 aromatic heterocycles. The number of nitrogens with zero attached hydrogens (tertiary/aromatic N) is 2. The number of nitrogen functional groups attached to an aromatic ring is 1. The van der Waals surface area contributed by atoms with Crippen LogP contribution >= 0.6 is 0 Å². The van der Waals surface area contributed by atoms with E-state index in [1.807, 2.05) is 5.32 Å². The smallest absolute Gasteiger partial charge is 0.245 e. The van der Waals surface area contributed by atoms with Gasteiger partial charge in [0.15, 0.2) is 0 Å². The van der Waals surface area contributed by atoms with E-state index in [0.717, 1.165) is 10.5 Å². The molecule has 2 heterocycles. The standard InChI is InChI=1S/C9H10N4O4S/c10-7-2-1-6(3-11-7)18(16,17)13-4-8(14)12-9(15)5-13/h1-3H,4-5H2,(H2,10,11)(H,12,14,15). The Bertz CT molecular complexity index is 579. The lowest BCUT2D eigenvalue weighted by atomic mass is 10.4. The minimum atomic E-state index is -3.91. The molecule has 1 saturated heterocycles. The number of pyridine rings is 1. The number of hydrogen-bond acceptors (Lipinski definition) is 6. The van der Waals surface area contributed by atoms with Crippen molar-refractivity contribution >= 4 is 27.7 Å². The summed E-state index contributed by atoms with van der Waals surface area (Å²) in [5, 5.41) is 2.02. The molecule has 0 spiro atoms. The highest BCUT2D eigenvalue weighted by atomic mass is 32.2. The Kier molecular flexibility index (Phi) is 3.01. The summed E-state index contributed by atoms with van der Waals surface area (Å²) in [5.74, 6) is -1.13. The van der Waals surface area contributed by atoms with E-state index in [4.69, 9.17) is 5.73 Å². The first kappa shape index (κ1) is 12.5. The summed E-state index contributed by atoms with van der Waals surface area (Å²) in [7, 11) is -3.91. The van der Waals surface area contributed by atoms with Crippen LogP contribution in [0, 0.1) is 0 Å². The third-order valence-electron chi connectivity index (χ3n) is 2.32. The number of sulfonamides is 1. The molecule has 0 bridgehead atoms. The van der Waals surface area contributed by atoms with Crippen molar-refractivity contribution in [1.29, 1.82) is 0 Å². The molecule has 1 aliphatic heterocycles. The van der Waals surface area contributed by atoms with Crippen LogP contribution in [0.5, 0.6) is 0 Å². The first-order valence-corrected chi connectivity index (χ1v) is 6.38. The summed E-state index contributed by atoms with van der Waals surface area (Å²) >= 11 is 0. The van der Waals surface area contributed by atoms with E-state index in [1.54, 1.807) is 0 Å². The molecule has 0 atom stereocenters. The maximum atomic E-state index is 12.1. The average Bonchev–Trinajstić information content (AvgIpc) is 2.28. The van der Waals surface area contributed by atoms with E-state index in [9.17, 15) is 18.0 Å². The number of carbonyl (C=O) groups is 2. The highest BCUT2D eigenvalue weighted by Gasteiger charge is 2.32. The molecular formula is C9H10N4O4S. The van der Waals surface area contributed by atoms with Gasteiger partial charge in [0.05, 0.1) is 13.1 Å². The Morgan fingerprint density at radius 2 is 1.83 bits per heavy atom. The number of hydrogen-bond donors (Lipinski definition) is 2. The monoisotopic (exact) mass is 270 g/mol. The number of imide groups is 1. The fraction of sp³-hybridized carbons (Fsp3) is 0.222. The summed E-state index contributed by atoms with van der Waals surface area (Å²) in [6.07, 6.45) is 1.08. The summed E-state index contributed by atoms with van der Waals surface area (Å²) < 4.78 is 25.0. The van der Waals surface area contributed by atoms with Crippen molar-refractivity contribution in [2.75, 3.05) is 18.8 Å². The quantitative estimate of drug-likeness (QED) is 0.618. The SMILES string of the molecule is Nc1ccc(S(=O)(=O)N2CC(=O)NC(=O)C2)cn1. The molecule has 1 aliphatic rings. The molecule has 1 fully saturated rings. The lowest BCUT2D eigenvalue weighted by molar-refractivity contribution is -0.134. The van der Waals surface area contributed by atoms with Crippen LogP contribution in [0.2, 0.25) is 0 Å². The summed E-state index contributed by atoms with van der Waals surface area (Å²) in [5.41, 5.74) is 5.35. The van der Waals surface area contributed by atoms with Gasteiger partial charge in [-0.1, -0.05) is 0 Å². The Hall–Kier alpha value is -2.00. The molecule has 8 nitrogen and oxygen atoms in total. The topological polar surface area (TPSA) is 122 Å². The normalized spacial score (nSPS) is 17.6. The maximum absolute atomic E-state index is 12.1. The van der Waals surface area contributed by atoms with Gasteiger partial charge in [0.1, 0.15) is 10.7 Å². The Morgan fingerprint density at radius 3 is 2.33 bits per heavy atom. The highest BCUT2D eigenvalue weighted by molar-refractivity contribution is 7.89.